The molecule has 4 aromatic heterocycles. The van der Waals surface area contributed by atoms with Crippen molar-refractivity contribution in [2.24, 2.45) is 0 Å². The standard InChI is InChI=1S/C75H43F3N10/c76-75(77,78)61-40-46(44-79)32-36-55(61)51-33-37-66(87-62-29-15-13-27-56(62)58-42-52(34-38-64(58)87)73-83-69(47-18-5-1-6-19-47)81-70(84-73)48-20-7-2-8-21-48)60(41-51)68-54(45-80)26-17-31-67(68)88-63-30-16-14-28-57(63)59-43-53(35-39-65(59)88)74-85-71(49-22-9-3-10-23-49)82-72(86-74)50-24-11-4-12-25-50/h1-43H. The summed E-state index contributed by atoms with van der Waals surface area (Å²) in [6.45, 7) is 0. The third kappa shape index (κ3) is 9.24. The van der Waals surface area contributed by atoms with Crippen molar-refractivity contribution < 1.29 is 13.2 Å². The van der Waals surface area contributed by atoms with Crippen molar-refractivity contribution >= 4 is 43.6 Å². The molecule has 0 bridgehead atoms. The summed E-state index contributed by atoms with van der Waals surface area (Å²) in [4.78, 5) is 30.1. The van der Waals surface area contributed by atoms with Gasteiger partial charge in [0.1, 0.15) is 0 Å². The van der Waals surface area contributed by atoms with Gasteiger partial charge in [-0.2, -0.15) is 23.7 Å². The van der Waals surface area contributed by atoms with E-state index in [2.05, 4.69) is 27.3 Å². The lowest BCUT2D eigenvalue weighted by atomic mass is 9.90. The molecule has 0 saturated heterocycles. The number of halogens is 3. The van der Waals surface area contributed by atoms with Crippen molar-refractivity contribution in [3.05, 3.63) is 278 Å². The molecule has 414 valence electrons. The molecule has 13 heteroatoms. The largest absolute Gasteiger partial charge is 0.417 e. The number of benzene rings is 11. The summed E-state index contributed by atoms with van der Waals surface area (Å²) in [5.74, 6) is 3.01. The average Bonchev–Trinajstić information content (AvgIpc) is 1.56. The Morgan fingerprint density at radius 2 is 0.716 bits per heavy atom. The van der Waals surface area contributed by atoms with Gasteiger partial charge in [0.05, 0.1) is 62.3 Å². The van der Waals surface area contributed by atoms with Crippen LogP contribution in [0.5, 0.6) is 0 Å². The average molecular weight is 1140 g/mol. The zero-order valence-corrected chi connectivity index (χ0v) is 46.4. The summed E-state index contributed by atoms with van der Waals surface area (Å²) in [5.41, 5.74) is 9.43. The maximum Gasteiger partial charge on any atom is 0.417 e. The van der Waals surface area contributed by atoms with Gasteiger partial charge in [-0.25, -0.2) is 29.9 Å². The topological polar surface area (TPSA) is 135 Å². The Bertz CT molecular complexity index is 5220. The van der Waals surface area contributed by atoms with Gasteiger partial charge >= 0.3 is 6.18 Å². The third-order valence-corrected chi connectivity index (χ3v) is 15.9. The first kappa shape index (κ1) is 52.6. The maximum absolute atomic E-state index is 15.3. The molecule has 0 aliphatic heterocycles. The quantitative estimate of drug-likeness (QED) is 0.132. The van der Waals surface area contributed by atoms with Gasteiger partial charge in [0.25, 0.3) is 0 Å². The van der Waals surface area contributed by atoms with Crippen LogP contribution in [0.4, 0.5) is 13.2 Å². The Morgan fingerprint density at radius 3 is 1.16 bits per heavy atom. The van der Waals surface area contributed by atoms with Gasteiger partial charge in [-0.05, 0) is 96.1 Å². The smallest absolute Gasteiger partial charge is 0.309 e. The summed E-state index contributed by atoms with van der Waals surface area (Å²) >= 11 is 0. The van der Waals surface area contributed by atoms with Gasteiger partial charge < -0.3 is 9.13 Å². The predicted molar refractivity (Wildman–Crippen MR) is 340 cm³/mol. The van der Waals surface area contributed by atoms with E-state index in [-0.39, 0.29) is 22.3 Å². The second-order valence-electron chi connectivity index (χ2n) is 21.2. The summed E-state index contributed by atoms with van der Waals surface area (Å²) in [6, 6.07) is 86.0. The summed E-state index contributed by atoms with van der Waals surface area (Å²) in [5, 5.41) is 24.8. The van der Waals surface area contributed by atoms with Gasteiger partial charge in [-0.1, -0.05) is 176 Å². The van der Waals surface area contributed by atoms with E-state index in [1.54, 1.807) is 18.2 Å². The fourth-order valence-electron chi connectivity index (χ4n) is 11.9. The first-order valence-corrected chi connectivity index (χ1v) is 28.3. The molecule has 0 atom stereocenters. The molecule has 0 spiro atoms. The monoisotopic (exact) mass is 1140 g/mol. The van der Waals surface area contributed by atoms with Crippen LogP contribution in [-0.4, -0.2) is 39.0 Å². The van der Waals surface area contributed by atoms with E-state index in [0.717, 1.165) is 83.1 Å². The fourth-order valence-corrected chi connectivity index (χ4v) is 11.9. The molecule has 15 rings (SSSR count). The van der Waals surface area contributed by atoms with E-state index in [9.17, 15) is 10.5 Å². The molecule has 0 unspecified atom stereocenters. The highest BCUT2D eigenvalue weighted by Gasteiger charge is 2.35. The van der Waals surface area contributed by atoms with Crippen molar-refractivity contribution in [3.8, 4) is 114 Å². The van der Waals surface area contributed by atoms with Crippen LogP contribution in [0.15, 0.2) is 261 Å². The molecule has 11 aromatic carbocycles. The molecule has 0 fully saturated rings. The molecular formula is C75H43F3N10. The number of fused-ring (bicyclic) bond motifs is 6. The summed E-state index contributed by atoms with van der Waals surface area (Å²) in [7, 11) is 0. The highest BCUT2D eigenvalue weighted by Crippen LogP contribution is 2.46. The molecule has 0 aliphatic rings. The first-order chi connectivity index (χ1) is 43.2. The van der Waals surface area contributed by atoms with Crippen molar-refractivity contribution in [1.82, 2.24) is 39.0 Å². The number of hydrogen-bond donors (Lipinski definition) is 0. The molecular weight excluding hydrogens is 1100 g/mol. The van der Waals surface area contributed by atoms with Crippen LogP contribution in [0, 0.1) is 22.7 Å². The lowest BCUT2D eigenvalue weighted by molar-refractivity contribution is -0.137. The van der Waals surface area contributed by atoms with E-state index in [1.807, 2.05) is 218 Å². The molecule has 0 aliphatic carbocycles. The SMILES string of the molecule is N#Cc1ccc(-c2ccc(-n3c4ccccc4c4cc(-c5nc(-c6ccccc6)nc(-c6ccccc6)n5)ccc43)c(-c3c(C#N)cccc3-n3c4ccccc4c4cc(-c5nc(-c6ccccc6)nc(-c6ccccc6)n5)ccc43)c2)c(C(F)(F)F)c1. The van der Waals surface area contributed by atoms with Crippen LogP contribution in [0.25, 0.3) is 146 Å². The zero-order valence-electron chi connectivity index (χ0n) is 46.4. The molecule has 15 aromatic rings. The van der Waals surface area contributed by atoms with Gasteiger partial charge in [-0.3, -0.25) is 0 Å². The number of rotatable bonds is 10. The fraction of sp³-hybridized carbons (Fsp3) is 0.0133. The van der Waals surface area contributed by atoms with Crippen LogP contribution in [-0.2, 0) is 6.18 Å². The Balaban J connectivity index is 0.967. The first-order valence-electron chi connectivity index (χ1n) is 28.3. The van der Waals surface area contributed by atoms with Crippen LogP contribution in [0.2, 0.25) is 0 Å². The van der Waals surface area contributed by atoms with Gasteiger partial charge in [0, 0.05) is 66.1 Å². The maximum atomic E-state index is 15.3. The highest BCUT2D eigenvalue weighted by atomic mass is 19.4. The van der Waals surface area contributed by atoms with Gasteiger partial charge in [-0.15, -0.1) is 0 Å². The Kier molecular flexibility index (Phi) is 12.8. The van der Waals surface area contributed by atoms with Crippen LogP contribution in [0.1, 0.15) is 16.7 Å². The Hall–Kier alpha value is -12.2. The van der Waals surface area contributed by atoms with E-state index >= 15 is 13.2 Å². The summed E-state index contributed by atoms with van der Waals surface area (Å²) in [6.07, 6.45) is -4.82. The molecule has 10 nitrogen and oxygen atoms in total. The Morgan fingerprint density at radius 1 is 0.307 bits per heavy atom. The molecule has 4 heterocycles. The molecule has 0 amide bonds. The lowest BCUT2D eigenvalue weighted by Gasteiger charge is -2.21. The van der Waals surface area contributed by atoms with Crippen LogP contribution >= 0.6 is 0 Å². The molecule has 0 radical (unpaired) electrons. The number of alkyl halides is 3. The van der Waals surface area contributed by atoms with E-state index in [0.29, 0.717) is 57.4 Å². The second kappa shape index (κ2) is 21.5. The third-order valence-electron chi connectivity index (χ3n) is 15.9. The minimum Gasteiger partial charge on any atom is -0.309 e. The number of nitrogens with zero attached hydrogens (tertiary/aromatic N) is 10. The highest BCUT2D eigenvalue weighted by molar-refractivity contribution is 6.13. The zero-order chi connectivity index (χ0) is 59.5. The summed E-state index contributed by atoms with van der Waals surface area (Å²) < 4.78 is 50.2. The second-order valence-corrected chi connectivity index (χ2v) is 21.2. The van der Waals surface area contributed by atoms with Crippen molar-refractivity contribution in [2.45, 2.75) is 6.18 Å². The van der Waals surface area contributed by atoms with E-state index in [1.165, 1.54) is 12.1 Å². The van der Waals surface area contributed by atoms with Gasteiger partial charge in [0.15, 0.2) is 34.9 Å². The van der Waals surface area contributed by atoms with Crippen molar-refractivity contribution in [2.75, 3.05) is 0 Å². The minimum atomic E-state index is -4.82. The lowest BCUT2D eigenvalue weighted by Crippen LogP contribution is -2.08. The van der Waals surface area contributed by atoms with Crippen LogP contribution in [0.3, 0.4) is 0 Å². The minimum absolute atomic E-state index is 0.127. The van der Waals surface area contributed by atoms with Crippen LogP contribution < -0.4 is 0 Å². The van der Waals surface area contributed by atoms with Crippen molar-refractivity contribution in [3.63, 3.8) is 0 Å². The number of para-hydroxylation sites is 2. The van der Waals surface area contributed by atoms with Crippen molar-refractivity contribution in [1.29, 1.82) is 10.5 Å². The molecule has 88 heavy (non-hydrogen) atoms. The number of nitriles is 2. The normalized spacial score (nSPS) is 11.6. The van der Waals surface area contributed by atoms with E-state index < -0.39 is 11.7 Å². The van der Waals surface area contributed by atoms with Gasteiger partial charge in [0.2, 0.25) is 0 Å². The number of hydrogen-bond acceptors (Lipinski definition) is 8. The van der Waals surface area contributed by atoms with E-state index in [4.69, 9.17) is 29.9 Å². The molecule has 0 N–H and O–H groups in total. The number of aromatic nitrogens is 8. The molecule has 0 saturated carbocycles. The Labute approximate surface area is 501 Å². The predicted octanol–water partition coefficient (Wildman–Crippen LogP) is 18.3.